The van der Waals surface area contributed by atoms with Crippen LogP contribution in [0.5, 0.6) is 0 Å². The van der Waals surface area contributed by atoms with Crippen molar-refractivity contribution in [2.75, 3.05) is 0 Å². The van der Waals surface area contributed by atoms with Crippen LogP contribution in [0.2, 0.25) is 4.34 Å². The molecule has 4 nitrogen and oxygen atoms in total. The SMILES string of the molecule is NC(C(=O)O)C(O)c1cc(Br)c(Cl)s1. The minimum atomic E-state index is -1.34. The van der Waals surface area contributed by atoms with Crippen LogP contribution < -0.4 is 5.73 Å². The van der Waals surface area contributed by atoms with Gasteiger partial charge < -0.3 is 15.9 Å². The van der Waals surface area contributed by atoms with E-state index in [2.05, 4.69) is 15.9 Å². The van der Waals surface area contributed by atoms with E-state index in [-0.39, 0.29) is 0 Å². The van der Waals surface area contributed by atoms with Gasteiger partial charge in [0.2, 0.25) is 0 Å². The Bertz CT molecular complexity index is 337. The van der Waals surface area contributed by atoms with Gasteiger partial charge in [0.1, 0.15) is 16.5 Å². The van der Waals surface area contributed by atoms with Crippen molar-refractivity contribution in [3.63, 3.8) is 0 Å². The maximum atomic E-state index is 10.5. The Morgan fingerprint density at radius 1 is 1.71 bits per heavy atom. The molecular formula is C7H7BrClNO3S. The van der Waals surface area contributed by atoms with Crippen molar-refractivity contribution in [2.24, 2.45) is 5.73 Å². The van der Waals surface area contributed by atoms with Gasteiger partial charge in [0.15, 0.2) is 0 Å². The summed E-state index contributed by atoms with van der Waals surface area (Å²) in [6, 6.07) is 0.220. The molecule has 0 bridgehead atoms. The molecule has 0 spiro atoms. The number of halogens is 2. The molecule has 1 aromatic heterocycles. The minimum absolute atomic E-state index is 0.428. The molecule has 0 fully saturated rings. The molecule has 7 heteroatoms. The number of thiophene rings is 1. The number of carbonyl (C=O) groups is 1. The molecule has 2 unspecified atom stereocenters. The number of aliphatic hydroxyl groups excluding tert-OH is 1. The lowest BCUT2D eigenvalue weighted by molar-refractivity contribution is -0.141. The summed E-state index contributed by atoms with van der Waals surface area (Å²) in [5.74, 6) is -1.25. The molecule has 4 N–H and O–H groups in total. The zero-order valence-electron chi connectivity index (χ0n) is 6.78. The number of carboxylic acid groups (broad SMARTS) is 1. The van der Waals surface area contributed by atoms with Crippen LogP contribution in [0.1, 0.15) is 11.0 Å². The van der Waals surface area contributed by atoms with Crippen LogP contribution in [0.3, 0.4) is 0 Å². The Balaban J connectivity index is 2.89. The summed E-state index contributed by atoms with van der Waals surface area (Å²) < 4.78 is 1.08. The topological polar surface area (TPSA) is 83.6 Å². The van der Waals surface area contributed by atoms with Gasteiger partial charge in [-0.1, -0.05) is 11.6 Å². The molecule has 0 aliphatic rings. The van der Waals surface area contributed by atoms with E-state index in [1.54, 1.807) is 6.07 Å². The lowest BCUT2D eigenvalue weighted by atomic mass is 10.1. The molecule has 78 valence electrons. The van der Waals surface area contributed by atoms with E-state index in [1.807, 2.05) is 0 Å². The van der Waals surface area contributed by atoms with E-state index < -0.39 is 18.1 Å². The third kappa shape index (κ3) is 2.46. The fourth-order valence-corrected chi connectivity index (χ4v) is 2.59. The van der Waals surface area contributed by atoms with Crippen molar-refractivity contribution in [1.29, 1.82) is 0 Å². The van der Waals surface area contributed by atoms with Crippen molar-refractivity contribution in [1.82, 2.24) is 0 Å². The summed E-state index contributed by atoms with van der Waals surface area (Å²) in [4.78, 5) is 10.9. The highest BCUT2D eigenvalue weighted by Gasteiger charge is 2.25. The van der Waals surface area contributed by atoms with Crippen molar-refractivity contribution >= 4 is 44.8 Å². The first-order chi connectivity index (χ1) is 6.43. The molecule has 1 heterocycles. The molecular weight excluding hydrogens is 294 g/mol. The average molecular weight is 301 g/mol. The smallest absolute Gasteiger partial charge is 0.323 e. The number of rotatable bonds is 3. The van der Waals surface area contributed by atoms with E-state index in [4.69, 9.17) is 22.4 Å². The molecule has 0 amide bonds. The number of aliphatic hydroxyl groups is 1. The van der Waals surface area contributed by atoms with E-state index in [0.29, 0.717) is 13.7 Å². The Hall–Kier alpha value is -0.140. The molecule has 0 aromatic carbocycles. The summed E-state index contributed by atoms with van der Waals surface area (Å²) in [7, 11) is 0. The molecule has 0 aliphatic carbocycles. The summed E-state index contributed by atoms with van der Waals surface area (Å²) in [6.45, 7) is 0. The zero-order chi connectivity index (χ0) is 10.9. The first kappa shape index (κ1) is 11.9. The van der Waals surface area contributed by atoms with Crippen LogP contribution in [0.4, 0.5) is 0 Å². The monoisotopic (exact) mass is 299 g/mol. The summed E-state index contributed by atoms with van der Waals surface area (Å²) >= 11 is 9.97. The minimum Gasteiger partial charge on any atom is -0.480 e. The first-order valence-corrected chi connectivity index (χ1v) is 5.53. The standard InChI is InChI=1S/C7H7BrClNO3S/c8-2-1-3(14-6(2)9)5(11)4(10)7(12)13/h1,4-5,11H,10H2,(H,12,13). The highest BCUT2D eigenvalue weighted by atomic mass is 79.9. The van der Waals surface area contributed by atoms with E-state index in [1.165, 1.54) is 0 Å². The molecule has 0 saturated heterocycles. The summed E-state index contributed by atoms with van der Waals surface area (Å²) in [6.07, 6.45) is -1.23. The lowest BCUT2D eigenvalue weighted by Gasteiger charge is -2.12. The molecule has 1 aromatic rings. The largest absolute Gasteiger partial charge is 0.480 e. The van der Waals surface area contributed by atoms with Gasteiger partial charge in [0.05, 0.1) is 0 Å². The fraction of sp³-hybridized carbons (Fsp3) is 0.286. The van der Waals surface area contributed by atoms with Crippen LogP contribution >= 0.6 is 38.9 Å². The van der Waals surface area contributed by atoms with Gasteiger partial charge in [-0.05, 0) is 22.0 Å². The quantitative estimate of drug-likeness (QED) is 0.792. The van der Waals surface area contributed by atoms with E-state index in [0.717, 1.165) is 11.3 Å². The van der Waals surface area contributed by atoms with Crippen LogP contribution in [0, 0.1) is 0 Å². The highest BCUT2D eigenvalue weighted by Crippen LogP contribution is 2.35. The van der Waals surface area contributed by atoms with Gasteiger partial charge in [0.25, 0.3) is 0 Å². The zero-order valence-corrected chi connectivity index (χ0v) is 9.93. The van der Waals surface area contributed by atoms with Crippen LogP contribution in [-0.2, 0) is 4.79 Å². The van der Waals surface area contributed by atoms with Gasteiger partial charge >= 0.3 is 5.97 Å². The maximum absolute atomic E-state index is 10.5. The molecule has 0 radical (unpaired) electrons. The molecule has 0 aliphatic heterocycles. The molecule has 14 heavy (non-hydrogen) atoms. The van der Waals surface area contributed by atoms with Crippen LogP contribution in [0.15, 0.2) is 10.5 Å². The Morgan fingerprint density at radius 2 is 2.29 bits per heavy atom. The van der Waals surface area contributed by atoms with Crippen molar-refractivity contribution in [3.8, 4) is 0 Å². The Morgan fingerprint density at radius 3 is 2.64 bits per heavy atom. The summed E-state index contributed by atoms with van der Waals surface area (Å²) in [5, 5.41) is 18.1. The van der Waals surface area contributed by atoms with Crippen molar-refractivity contribution in [2.45, 2.75) is 12.1 Å². The number of aliphatic carboxylic acids is 1. The number of hydrogen-bond donors (Lipinski definition) is 3. The number of hydrogen-bond acceptors (Lipinski definition) is 4. The predicted octanol–water partition coefficient (Wildman–Crippen LogP) is 1.61. The van der Waals surface area contributed by atoms with Crippen molar-refractivity contribution in [3.05, 3.63) is 19.8 Å². The Labute approximate surface area is 97.4 Å². The Kier molecular flexibility index (Phi) is 3.91. The third-order valence-electron chi connectivity index (χ3n) is 1.58. The average Bonchev–Trinajstić information content (AvgIpc) is 2.44. The molecule has 0 saturated carbocycles. The van der Waals surface area contributed by atoms with Crippen molar-refractivity contribution < 1.29 is 15.0 Å². The first-order valence-electron chi connectivity index (χ1n) is 3.54. The van der Waals surface area contributed by atoms with Crippen LogP contribution in [-0.4, -0.2) is 22.2 Å². The van der Waals surface area contributed by atoms with E-state index >= 15 is 0 Å². The van der Waals surface area contributed by atoms with Gasteiger partial charge in [0, 0.05) is 9.35 Å². The summed E-state index contributed by atoms with van der Waals surface area (Å²) in [5.41, 5.74) is 5.25. The predicted molar refractivity (Wildman–Crippen MR) is 57.6 cm³/mol. The highest BCUT2D eigenvalue weighted by molar-refractivity contribution is 9.10. The second-order valence-electron chi connectivity index (χ2n) is 2.58. The van der Waals surface area contributed by atoms with Gasteiger partial charge in [-0.2, -0.15) is 0 Å². The van der Waals surface area contributed by atoms with Gasteiger partial charge in [-0.25, -0.2) is 0 Å². The fourth-order valence-electron chi connectivity index (χ4n) is 0.821. The molecule has 2 atom stereocenters. The third-order valence-corrected chi connectivity index (χ3v) is 4.13. The maximum Gasteiger partial charge on any atom is 0.323 e. The number of carboxylic acids is 1. The second kappa shape index (κ2) is 4.59. The lowest BCUT2D eigenvalue weighted by Crippen LogP contribution is -2.36. The number of nitrogens with two attached hydrogens (primary N) is 1. The van der Waals surface area contributed by atoms with Gasteiger partial charge in [-0.3, -0.25) is 4.79 Å². The second-order valence-corrected chi connectivity index (χ2v) is 5.12. The van der Waals surface area contributed by atoms with Crippen LogP contribution in [0.25, 0.3) is 0 Å². The van der Waals surface area contributed by atoms with E-state index in [9.17, 15) is 9.90 Å². The normalized spacial score (nSPS) is 15.1. The molecule has 1 rings (SSSR count). The van der Waals surface area contributed by atoms with Gasteiger partial charge in [-0.15, -0.1) is 11.3 Å².